The number of alkyl halides is 3. The summed E-state index contributed by atoms with van der Waals surface area (Å²) in [5.74, 6) is -0.642. The number of amides is 1. The summed E-state index contributed by atoms with van der Waals surface area (Å²) < 4.78 is 71.8. The maximum atomic E-state index is 14.2. The van der Waals surface area contributed by atoms with Gasteiger partial charge < -0.3 is 34.2 Å². The van der Waals surface area contributed by atoms with Gasteiger partial charge in [0.15, 0.2) is 0 Å². The average molecular weight is 675 g/mol. The fourth-order valence-electron chi connectivity index (χ4n) is 5.65. The van der Waals surface area contributed by atoms with Crippen LogP contribution in [0.15, 0.2) is 42.6 Å². The van der Waals surface area contributed by atoms with Crippen LogP contribution in [0.4, 0.5) is 36.3 Å². The minimum Gasteiger partial charge on any atom is -0.495 e. The Kier molecular flexibility index (Phi) is 10.3. The van der Waals surface area contributed by atoms with Gasteiger partial charge in [0, 0.05) is 32.9 Å². The Morgan fingerprint density at radius 1 is 1.04 bits per heavy atom. The molecule has 2 N–H and O–H groups in total. The van der Waals surface area contributed by atoms with E-state index >= 15 is 0 Å². The van der Waals surface area contributed by atoms with E-state index < -0.39 is 25.2 Å². The van der Waals surface area contributed by atoms with Crippen molar-refractivity contribution in [3.63, 3.8) is 0 Å². The lowest BCUT2D eigenvalue weighted by Crippen LogP contribution is -2.24. The van der Waals surface area contributed by atoms with E-state index in [0.717, 1.165) is 36.2 Å². The van der Waals surface area contributed by atoms with Crippen molar-refractivity contribution < 1.29 is 36.3 Å². The number of ether oxygens (including phenoxy) is 1. The molecular weight excluding hydrogens is 636 g/mol. The largest absolute Gasteiger partial charge is 0.495 e. The Hall–Kier alpha value is -3.97. The number of benzene rings is 2. The van der Waals surface area contributed by atoms with Gasteiger partial charge in [0.1, 0.15) is 17.1 Å². The molecule has 2 aliphatic heterocycles. The molecule has 1 amide bonds. The van der Waals surface area contributed by atoms with Crippen LogP contribution < -0.4 is 15.4 Å². The number of nitrogens with one attached hydrogen (secondary N) is 2. The Morgan fingerprint density at radius 3 is 2.40 bits per heavy atom. The summed E-state index contributed by atoms with van der Waals surface area (Å²) in [5, 5.41) is 5.72. The molecule has 0 unspecified atom stereocenters. The number of nitrogens with zero attached hydrogens (tertiary/aromatic N) is 4. The first-order chi connectivity index (χ1) is 22.4. The second-order valence-corrected chi connectivity index (χ2v) is 13.3. The Labute approximate surface area is 271 Å². The fourth-order valence-corrected chi connectivity index (χ4v) is 7.34. The number of aromatic nitrogens is 2. The van der Waals surface area contributed by atoms with E-state index in [4.69, 9.17) is 13.8 Å². The third-order valence-corrected chi connectivity index (χ3v) is 9.97. The fraction of sp³-hybridized carbons (Fsp3) is 0.406. The first-order valence-corrected chi connectivity index (χ1v) is 16.9. The number of rotatable bonds is 12. The minimum atomic E-state index is -4.78. The van der Waals surface area contributed by atoms with Crippen LogP contribution in [-0.2, 0) is 32.5 Å². The standard InChI is InChI=1S/C32H38F3N6O5P/c1-6-45-47(43,46-7-2)19-20-8-10-25(27(16-20)44-5)38-31-36-17-24(32(33,34)35)29(39-31)37-26-11-9-22(21-12-14-40(3)15-13-21)23-18-41(4)30(42)28(23)26/h8-12,16-17H,6-7,13-15,18-19H2,1-5H3,(H2,36,37,38,39). The van der Waals surface area contributed by atoms with Gasteiger partial charge in [0.05, 0.1) is 43.4 Å². The first-order valence-electron chi connectivity index (χ1n) is 15.2. The second-order valence-electron chi connectivity index (χ2n) is 11.3. The predicted octanol–water partition coefficient (Wildman–Crippen LogP) is 7.06. The van der Waals surface area contributed by atoms with Gasteiger partial charge in [0.2, 0.25) is 5.95 Å². The zero-order valence-corrected chi connectivity index (χ0v) is 27.8. The van der Waals surface area contributed by atoms with Crippen LogP contribution in [0, 0.1) is 0 Å². The van der Waals surface area contributed by atoms with Gasteiger partial charge in [-0.25, -0.2) is 4.98 Å². The molecule has 0 bridgehead atoms. The van der Waals surface area contributed by atoms with E-state index in [9.17, 15) is 22.5 Å². The third-order valence-electron chi connectivity index (χ3n) is 7.91. The zero-order chi connectivity index (χ0) is 33.9. The van der Waals surface area contributed by atoms with E-state index in [-0.39, 0.29) is 36.9 Å². The van der Waals surface area contributed by atoms with E-state index in [1.807, 2.05) is 13.1 Å². The second kappa shape index (κ2) is 14.0. The van der Waals surface area contributed by atoms with Gasteiger partial charge in [-0.2, -0.15) is 18.2 Å². The molecule has 3 aromatic rings. The summed E-state index contributed by atoms with van der Waals surface area (Å²) in [6.45, 7) is 5.85. The quantitative estimate of drug-likeness (QED) is 0.193. The molecule has 15 heteroatoms. The zero-order valence-electron chi connectivity index (χ0n) is 26.9. The molecule has 2 aliphatic rings. The van der Waals surface area contributed by atoms with Gasteiger partial charge in [0.25, 0.3) is 5.91 Å². The highest BCUT2D eigenvalue weighted by Crippen LogP contribution is 2.52. The van der Waals surface area contributed by atoms with Crippen LogP contribution in [0.2, 0.25) is 0 Å². The van der Waals surface area contributed by atoms with Crippen LogP contribution in [-0.4, -0.2) is 73.2 Å². The summed E-state index contributed by atoms with van der Waals surface area (Å²) in [6, 6.07) is 8.39. The lowest BCUT2D eigenvalue weighted by Gasteiger charge is -2.24. The van der Waals surface area contributed by atoms with Crippen molar-refractivity contribution in [3.8, 4) is 5.75 Å². The number of likely N-dealkylation sites (N-methyl/N-ethyl adjacent to an activating group) is 1. The van der Waals surface area contributed by atoms with Crippen molar-refractivity contribution in [2.45, 2.75) is 39.2 Å². The van der Waals surface area contributed by atoms with E-state index in [0.29, 0.717) is 35.3 Å². The van der Waals surface area contributed by atoms with E-state index in [2.05, 4.69) is 31.6 Å². The molecule has 1 aromatic heterocycles. The van der Waals surface area contributed by atoms with Gasteiger partial charge in [-0.1, -0.05) is 18.2 Å². The predicted molar refractivity (Wildman–Crippen MR) is 173 cm³/mol. The SMILES string of the molecule is CCOP(=O)(Cc1ccc(Nc2ncc(C(F)(F)F)c(Nc3ccc(C4=CCN(C)CC4)c4c3C(=O)N(C)C4)n2)c(OC)c1)OCC. The molecule has 0 saturated carbocycles. The molecular formula is C32H38F3N6O5P. The number of carbonyl (C=O) groups excluding carboxylic acids is 1. The molecule has 5 rings (SSSR count). The molecule has 0 radical (unpaired) electrons. The van der Waals surface area contributed by atoms with Crippen molar-refractivity contribution >= 4 is 42.2 Å². The highest BCUT2D eigenvalue weighted by Gasteiger charge is 2.37. The van der Waals surface area contributed by atoms with Crippen molar-refractivity contribution in [1.82, 2.24) is 19.8 Å². The van der Waals surface area contributed by atoms with Gasteiger partial charge in [-0.15, -0.1) is 0 Å². The maximum absolute atomic E-state index is 14.2. The number of hydrogen-bond acceptors (Lipinski definition) is 10. The van der Waals surface area contributed by atoms with Crippen LogP contribution in [0.5, 0.6) is 5.75 Å². The highest BCUT2D eigenvalue weighted by molar-refractivity contribution is 7.53. The molecule has 11 nitrogen and oxygen atoms in total. The van der Waals surface area contributed by atoms with E-state index in [1.165, 1.54) is 7.11 Å². The van der Waals surface area contributed by atoms with Gasteiger partial charge in [-0.05, 0) is 67.8 Å². The third kappa shape index (κ3) is 7.62. The first kappa shape index (κ1) is 34.4. The highest BCUT2D eigenvalue weighted by atomic mass is 31.2. The van der Waals surface area contributed by atoms with E-state index in [1.54, 1.807) is 50.1 Å². The van der Waals surface area contributed by atoms with Crippen LogP contribution in [0.25, 0.3) is 5.57 Å². The Morgan fingerprint density at radius 2 is 1.77 bits per heavy atom. The summed E-state index contributed by atoms with van der Waals surface area (Å²) in [5.41, 5.74) is 3.21. The number of anilines is 4. The molecule has 0 atom stereocenters. The molecule has 0 aliphatic carbocycles. The Balaban J connectivity index is 1.47. The monoisotopic (exact) mass is 674 g/mol. The summed E-state index contributed by atoms with van der Waals surface area (Å²) >= 11 is 0. The summed E-state index contributed by atoms with van der Waals surface area (Å²) in [6.07, 6.45) is -1.17. The molecule has 0 spiro atoms. The average Bonchev–Trinajstić information content (AvgIpc) is 3.32. The Bertz CT molecular complexity index is 1720. The molecule has 2 aromatic carbocycles. The molecule has 252 valence electrons. The van der Waals surface area contributed by atoms with Gasteiger partial charge >= 0.3 is 13.8 Å². The van der Waals surface area contributed by atoms with Crippen molar-refractivity contribution in [1.29, 1.82) is 0 Å². The lowest BCUT2D eigenvalue weighted by atomic mass is 9.92. The molecule has 47 heavy (non-hydrogen) atoms. The molecule has 3 heterocycles. The smallest absolute Gasteiger partial charge is 0.421 e. The normalized spacial score (nSPS) is 15.4. The van der Waals surface area contributed by atoms with Gasteiger partial charge in [-0.3, -0.25) is 9.36 Å². The summed E-state index contributed by atoms with van der Waals surface area (Å²) in [7, 11) is 1.73. The van der Waals surface area contributed by atoms with Crippen molar-refractivity contribution in [2.24, 2.45) is 0 Å². The molecule has 0 fully saturated rings. The lowest BCUT2D eigenvalue weighted by molar-refractivity contribution is -0.137. The number of hydrogen-bond donors (Lipinski definition) is 2. The van der Waals surface area contributed by atoms with Crippen molar-refractivity contribution in [2.75, 3.05) is 58.1 Å². The van der Waals surface area contributed by atoms with Crippen LogP contribution in [0.1, 0.15) is 52.9 Å². The number of methoxy groups -OCH3 is 1. The number of fused-ring (bicyclic) bond motifs is 1. The van der Waals surface area contributed by atoms with Crippen molar-refractivity contribution in [3.05, 3.63) is 70.4 Å². The molecule has 0 saturated heterocycles. The topological polar surface area (TPSA) is 118 Å². The number of halogens is 3. The van der Waals surface area contributed by atoms with Crippen LogP contribution >= 0.6 is 7.60 Å². The summed E-state index contributed by atoms with van der Waals surface area (Å²) in [4.78, 5) is 25.1. The minimum absolute atomic E-state index is 0.00151. The number of carbonyl (C=O) groups is 1. The maximum Gasteiger partial charge on any atom is 0.421 e. The van der Waals surface area contributed by atoms with Crippen LogP contribution in [0.3, 0.4) is 0 Å².